The number of carbonyl (C=O) groups excluding carboxylic acids is 3. The molecule has 2 heterocycles. The van der Waals surface area contributed by atoms with E-state index in [1.54, 1.807) is 26.4 Å². The van der Waals surface area contributed by atoms with Gasteiger partial charge in [-0.3, -0.25) is 14.9 Å². The largest absolute Gasteiger partial charge is 0.357 e. The number of Topliss-reactive ketones (excluding diaryl/α,β-unsaturated/α-hetero) is 2. The third kappa shape index (κ3) is 4.51. The molecule has 1 aliphatic carbocycles. The Morgan fingerprint density at radius 1 is 1.23 bits per heavy atom. The number of carbonyl (C=O) groups is 3. The number of thiazole rings is 1. The monoisotopic (exact) mass is 429 g/mol. The predicted octanol–water partition coefficient (Wildman–Crippen LogP) is 3.50. The predicted molar refractivity (Wildman–Crippen MR) is 118 cm³/mol. The molecule has 160 valence electrons. The maximum Gasteiger partial charge on any atom is 0.323 e. The first-order chi connectivity index (χ1) is 14.3. The summed E-state index contributed by atoms with van der Waals surface area (Å²) in [6.45, 7) is 5.77. The molecule has 2 aromatic heterocycles. The van der Waals surface area contributed by atoms with Crippen molar-refractivity contribution in [3.05, 3.63) is 34.5 Å². The van der Waals surface area contributed by atoms with E-state index in [0.29, 0.717) is 40.5 Å². The molecule has 1 N–H and O–H groups in total. The normalized spacial score (nSPS) is 15.9. The van der Waals surface area contributed by atoms with Crippen LogP contribution in [0.15, 0.2) is 18.3 Å². The Balaban J connectivity index is 1.80. The van der Waals surface area contributed by atoms with Crippen LogP contribution in [0, 0.1) is 5.92 Å². The van der Waals surface area contributed by atoms with Gasteiger partial charge in [-0.15, -0.1) is 0 Å². The average molecular weight is 430 g/mol. The summed E-state index contributed by atoms with van der Waals surface area (Å²) in [6.07, 6.45) is 3.34. The van der Waals surface area contributed by atoms with Crippen LogP contribution in [0.1, 0.15) is 52.4 Å². The molecule has 0 fully saturated rings. The minimum absolute atomic E-state index is 0.210. The Morgan fingerprint density at radius 3 is 2.57 bits per heavy atom. The molecule has 1 aliphatic rings. The summed E-state index contributed by atoms with van der Waals surface area (Å²) in [4.78, 5) is 50.9. The Hall–Kier alpha value is -2.81. The van der Waals surface area contributed by atoms with Crippen LogP contribution in [0.2, 0.25) is 0 Å². The quantitative estimate of drug-likeness (QED) is 0.429. The van der Waals surface area contributed by atoms with Gasteiger partial charge in [-0.05, 0) is 45.2 Å². The second kappa shape index (κ2) is 9.34. The van der Waals surface area contributed by atoms with Gasteiger partial charge < -0.3 is 9.80 Å². The van der Waals surface area contributed by atoms with Crippen molar-refractivity contribution < 1.29 is 14.4 Å². The fourth-order valence-electron chi connectivity index (χ4n) is 3.45. The molecule has 0 spiro atoms. The lowest BCUT2D eigenvalue weighted by Gasteiger charge is -2.20. The molecule has 1 atom stereocenters. The van der Waals surface area contributed by atoms with Gasteiger partial charge in [-0.2, -0.15) is 0 Å². The van der Waals surface area contributed by atoms with Crippen LogP contribution in [0.3, 0.4) is 0 Å². The number of rotatable bonds is 6. The van der Waals surface area contributed by atoms with Gasteiger partial charge in [0.15, 0.2) is 16.7 Å². The van der Waals surface area contributed by atoms with Crippen molar-refractivity contribution in [1.82, 2.24) is 14.9 Å². The summed E-state index contributed by atoms with van der Waals surface area (Å²) < 4.78 is 0. The van der Waals surface area contributed by atoms with Crippen molar-refractivity contribution in [2.24, 2.45) is 5.92 Å². The third-order valence-electron chi connectivity index (χ3n) is 5.20. The molecule has 8 nitrogen and oxygen atoms in total. The van der Waals surface area contributed by atoms with Gasteiger partial charge in [0.05, 0.1) is 16.5 Å². The van der Waals surface area contributed by atoms with Crippen molar-refractivity contribution in [1.29, 1.82) is 0 Å². The number of nitrogens with zero attached hydrogens (tertiary/aromatic N) is 4. The number of ketones is 2. The van der Waals surface area contributed by atoms with E-state index < -0.39 is 5.92 Å². The van der Waals surface area contributed by atoms with Gasteiger partial charge in [-0.1, -0.05) is 11.3 Å². The highest BCUT2D eigenvalue weighted by Gasteiger charge is 2.34. The van der Waals surface area contributed by atoms with E-state index in [4.69, 9.17) is 0 Å². The lowest BCUT2D eigenvalue weighted by Crippen LogP contribution is -2.27. The van der Waals surface area contributed by atoms with Gasteiger partial charge >= 0.3 is 6.03 Å². The molecule has 0 saturated carbocycles. The van der Waals surface area contributed by atoms with Crippen LogP contribution >= 0.6 is 11.3 Å². The summed E-state index contributed by atoms with van der Waals surface area (Å²) in [6, 6.07) is 3.27. The number of nitrogens with one attached hydrogen (secondary N) is 1. The minimum atomic E-state index is -0.745. The van der Waals surface area contributed by atoms with E-state index in [1.807, 2.05) is 6.07 Å². The van der Waals surface area contributed by atoms with E-state index in [9.17, 15) is 14.4 Å². The summed E-state index contributed by atoms with van der Waals surface area (Å²) in [5, 5.41) is 3.07. The van der Waals surface area contributed by atoms with E-state index in [0.717, 1.165) is 30.2 Å². The lowest BCUT2D eigenvalue weighted by atomic mass is 9.91. The minimum Gasteiger partial charge on any atom is -0.357 e. The number of pyridine rings is 1. The van der Waals surface area contributed by atoms with Crippen LogP contribution in [-0.2, 0) is 6.42 Å². The van der Waals surface area contributed by atoms with Gasteiger partial charge in [0, 0.05) is 38.9 Å². The van der Waals surface area contributed by atoms with Crippen LogP contribution < -0.4 is 10.2 Å². The maximum atomic E-state index is 13.2. The summed E-state index contributed by atoms with van der Waals surface area (Å²) in [5.74, 6) is -0.359. The van der Waals surface area contributed by atoms with Crippen molar-refractivity contribution in [2.45, 2.75) is 33.1 Å². The lowest BCUT2D eigenvalue weighted by molar-refractivity contribution is 0.0803. The fourth-order valence-corrected chi connectivity index (χ4v) is 4.45. The number of amides is 2. The zero-order chi connectivity index (χ0) is 21.8. The van der Waals surface area contributed by atoms with Gasteiger partial charge in [0.2, 0.25) is 0 Å². The molecule has 2 aromatic rings. The zero-order valence-corrected chi connectivity index (χ0v) is 18.6. The summed E-state index contributed by atoms with van der Waals surface area (Å²) >= 11 is 1.14. The van der Waals surface area contributed by atoms with Gasteiger partial charge in [-0.25, -0.2) is 14.8 Å². The molecule has 0 aromatic carbocycles. The molecule has 2 amide bonds. The van der Waals surface area contributed by atoms with Crippen molar-refractivity contribution in [3.63, 3.8) is 0 Å². The molecule has 1 unspecified atom stereocenters. The maximum absolute atomic E-state index is 13.2. The first-order valence-corrected chi connectivity index (χ1v) is 10.9. The summed E-state index contributed by atoms with van der Waals surface area (Å²) in [5.41, 5.74) is 1.10. The van der Waals surface area contributed by atoms with Crippen LogP contribution in [0.25, 0.3) is 0 Å². The Kier molecular flexibility index (Phi) is 6.81. The number of hydrogen-bond acceptors (Lipinski definition) is 7. The van der Waals surface area contributed by atoms with E-state index >= 15 is 0 Å². The molecule has 9 heteroatoms. The summed E-state index contributed by atoms with van der Waals surface area (Å²) in [7, 11) is 3.26. The van der Waals surface area contributed by atoms with Gasteiger partial charge in [0.1, 0.15) is 5.82 Å². The number of aryl methyl sites for hydroxylation is 1. The highest BCUT2D eigenvalue weighted by Crippen LogP contribution is 2.33. The number of aromatic nitrogens is 2. The second-order valence-electron chi connectivity index (χ2n) is 7.37. The third-order valence-corrected chi connectivity index (χ3v) is 6.23. The number of urea groups is 1. The Morgan fingerprint density at radius 2 is 1.97 bits per heavy atom. The smallest absolute Gasteiger partial charge is 0.323 e. The number of fused-ring (bicyclic) bond motifs is 1. The Bertz CT molecular complexity index is 935. The second-order valence-corrected chi connectivity index (χ2v) is 8.37. The first-order valence-electron chi connectivity index (χ1n) is 10.1. The highest BCUT2D eigenvalue weighted by molar-refractivity contribution is 7.17. The highest BCUT2D eigenvalue weighted by atomic mass is 32.1. The van der Waals surface area contributed by atoms with E-state index in [1.165, 1.54) is 4.90 Å². The number of anilines is 2. The van der Waals surface area contributed by atoms with Crippen LogP contribution in [0.5, 0.6) is 0 Å². The molecular weight excluding hydrogens is 402 g/mol. The van der Waals surface area contributed by atoms with Crippen LogP contribution in [0.4, 0.5) is 15.7 Å². The standard InChI is InChI=1S/C21H27N5O3S/c1-5-26(6-2)16-11-10-13(12-22-16)17(27)14-8-7-9-15-19(18(14)28)30-20(23-15)24-21(29)25(3)4/h10-12,14H,5-9H2,1-4H3,(H,23,24,29). The molecule has 0 radical (unpaired) electrons. The SMILES string of the molecule is CCN(CC)c1ccc(C(=O)C2CCCc3nc(NC(=O)N(C)C)sc3C2=O)cn1. The van der Waals surface area contributed by atoms with E-state index in [2.05, 4.69) is 34.0 Å². The molecule has 0 bridgehead atoms. The van der Waals surface area contributed by atoms with Crippen molar-refractivity contribution >= 4 is 39.9 Å². The molecule has 0 aliphatic heterocycles. The zero-order valence-electron chi connectivity index (χ0n) is 17.8. The van der Waals surface area contributed by atoms with Gasteiger partial charge in [0.25, 0.3) is 0 Å². The van der Waals surface area contributed by atoms with Crippen LogP contribution in [-0.4, -0.2) is 59.7 Å². The fraction of sp³-hybridized carbons (Fsp3) is 0.476. The Labute approximate surface area is 180 Å². The topological polar surface area (TPSA) is 95.5 Å². The molecule has 0 saturated heterocycles. The molecular formula is C21H27N5O3S. The average Bonchev–Trinajstić information content (AvgIpc) is 3.07. The molecule has 3 rings (SSSR count). The van der Waals surface area contributed by atoms with Crippen molar-refractivity contribution in [2.75, 3.05) is 37.4 Å². The van der Waals surface area contributed by atoms with E-state index in [-0.39, 0.29) is 17.6 Å². The molecule has 30 heavy (non-hydrogen) atoms. The number of hydrogen-bond donors (Lipinski definition) is 1. The van der Waals surface area contributed by atoms with Crippen molar-refractivity contribution in [3.8, 4) is 0 Å². The first kappa shape index (κ1) is 21.9.